The van der Waals surface area contributed by atoms with Crippen LogP contribution in [0.25, 0.3) is 11.3 Å². The van der Waals surface area contributed by atoms with Crippen molar-refractivity contribution in [1.29, 1.82) is 0 Å². The van der Waals surface area contributed by atoms with E-state index in [1.165, 1.54) is 0 Å². The molecule has 0 radical (unpaired) electrons. The highest BCUT2D eigenvalue weighted by molar-refractivity contribution is 5.95. The van der Waals surface area contributed by atoms with Crippen molar-refractivity contribution in [3.63, 3.8) is 0 Å². The Morgan fingerprint density at radius 1 is 1.00 bits per heavy atom. The van der Waals surface area contributed by atoms with Crippen LogP contribution in [0.5, 0.6) is 0 Å². The Balaban J connectivity index is 1.58. The third-order valence-electron chi connectivity index (χ3n) is 4.22. The van der Waals surface area contributed by atoms with E-state index in [4.69, 9.17) is 5.10 Å². The van der Waals surface area contributed by atoms with Crippen molar-refractivity contribution >= 4 is 12.1 Å². The molecule has 1 amide bonds. The lowest BCUT2D eigenvalue weighted by atomic mass is 10.1. The molecular weight excluding hydrogens is 364 g/mol. The molecule has 0 aliphatic carbocycles. The number of hydrogen-bond donors (Lipinski definition) is 1. The highest BCUT2D eigenvalue weighted by Crippen LogP contribution is 2.20. The summed E-state index contributed by atoms with van der Waals surface area (Å²) in [6.45, 7) is 0.630. The van der Waals surface area contributed by atoms with Gasteiger partial charge in [0.1, 0.15) is 5.69 Å². The fourth-order valence-corrected chi connectivity index (χ4v) is 2.84. The van der Waals surface area contributed by atoms with E-state index in [-0.39, 0.29) is 5.91 Å². The molecule has 0 saturated heterocycles. The molecule has 142 valence electrons. The number of hydrogen-bond acceptors (Lipinski definition) is 5. The Morgan fingerprint density at radius 3 is 2.59 bits per heavy atom. The van der Waals surface area contributed by atoms with Crippen molar-refractivity contribution in [1.82, 2.24) is 25.2 Å². The van der Waals surface area contributed by atoms with Crippen LogP contribution < -0.4 is 5.43 Å². The van der Waals surface area contributed by atoms with Gasteiger partial charge in [-0.3, -0.25) is 19.4 Å². The van der Waals surface area contributed by atoms with Crippen LogP contribution in [0.3, 0.4) is 0 Å². The molecule has 0 aliphatic rings. The van der Waals surface area contributed by atoms with E-state index < -0.39 is 0 Å². The molecule has 4 aromatic rings. The van der Waals surface area contributed by atoms with E-state index in [2.05, 4.69) is 20.5 Å². The lowest BCUT2D eigenvalue weighted by Crippen LogP contribution is -2.17. The van der Waals surface area contributed by atoms with Crippen molar-refractivity contribution in [3.05, 3.63) is 102 Å². The van der Waals surface area contributed by atoms with Gasteiger partial charge in [0, 0.05) is 47.7 Å². The van der Waals surface area contributed by atoms with Gasteiger partial charge in [0.05, 0.1) is 12.8 Å². The van der Waals surface area contributed by atoms with Gasteiger partial charge in [-0.1, -0.05) is 30.3 Å². The minimum atomic E-state index is -0.303. The van der Waals surface area contributed by atoms with Crippen molar-refractivity contribution in [3.8, 4) is 11.3 Å². The van der Waals surface area contributed by atoms with Gasteiger partial charge in [-0.05, 0) is 29.8 Å². The maximum atomic E-state index is 12.2. The van der Waals surface area contributed by atoms with E-state index in [0.29, 0.717) is 12.1 Å². The molecule has 7 nitrogen and oxygen atoms in total. The van der Waals surface area contributed by atoms with Crippen LogP contribution in [0, 0.1) is 0 Å². The average Bonchev–Trinajstić information content (AvgIpc) is 3.18. The quantitative estimate of drug-likeness (QED) is 0.410. The zero-order valence-corrected chi connectivity index (χ0v) is 15.5. The second-order valence-corrected chi connectivity index (χ2v) is 6.29. The predicted molar refractivity (Wildman–Crippen MR) is 110 cm³/mol. The summed E-state index contributed by atoms with van der Waals surface area (Å²) in [6.07, 6.45) is 10.1. The first-order valence-electron chi connectivity index (χ1n) is 9.05. The predicted octanol–water partition coefficient (Wildman–Crippen LogP) is 3.15. The van der Waals surface area contributed by atoms with Crippen molar-refractivity contribution < 1.29 is 4.79 Å². The highest BCUT2D eigenvalue weighted by Gasteiger charge is 2.11. The molecule has 29 heavy (non-hydrogen) atoms. The van der Waals surface area contributed by atoms with Gasteiger partial charge in [0.2, 0.25) is 0 Å². The Labute approximate surface area is 167 Å². The van der Waals surface area contributed by atoms with Crippen LogP contribution in [0.15, 0.2) is 90.7 Å². The maximum absolute atomic E-state index is 12.2. The molecule has 4 rings (SSSR count). The molecule has 7 heteroatoms. The van der Waals surface area contributed by atoms with E-state index in [9.17, 15) is 4.79 Å². The number of hydrazone groups is 1. The van der Waals surface area contributed by atoms with Crippen molar-refractivity contribution in [2.24, 2.45) is 5.10 Å². The Hall–Kier alpha value is -4.13. The highest BCUT2D eigenvalue weighted by atomic mass is 16.2. The molecule has 0 bridgehead atoms. The minimum Gasteiger partial charge on any atom is -0.267 e. The zero-order valence-electron chi connectivity index (χ0n) is 15.5. The molecule has 1 N–H and O–H groups in total. The van der Waals surface area contributed by atoms with E-state index in [1.807, 2.05) is 53.3 Å². The Kier molecular flexibility index (Phi) is 5.48. The summed E-state index contributed by atoms with van der Waals surface area (Å²) in [5.74, 6) is -0.303. The summed E-state index contributed by atoms with van der Waals surface area (Å²) in [7, 11) is 0. The second kappa shape index (κ2) is 8.71. The monoisotopic (exact) mass is 382 g/mol. The fourth-order valence-electron chi connectivity index (χ4n) is 2.84. The second-order valence-electron chi connectivity index (χ2n) is 6.29. The summed E-state index contributed by atoms with van der Waals surface area (Å²) in [4.78, 5) is 20.2. The molecule has 0 unspecified atom stereocenters. The smallest absolute Gasteiger partial charge is 0.267 e. The zero-order chi connectivity index (χ0) is 19.9. The summed E-state index contributed by atoms with van der Waals surface area (Å²) >= 11 is 0. The minimum absolute atomic E-state index is 0.303. The topological polar surface area (TPSA) is 85.1 Å². The lowest BCUT2D eigenvalue weighted by molar-refractivity contribution is 0.0955. The first kappa shape index (κ1) is 18.2. The van der Waals surface area contributed by atoms with Gasteiger partial charge in [0.15, 0.2) is 0 Å². The van der Waals surface area contributed by atoms with Gasteiger partial charge >= 0.3 is 0 Å². The van der Waals surface area contributed by atoms with Gasteiger partial charge in [0.25, 0.3) is 5.91 Å². The number of rotatable bonds is 6. The van der Waals surface area contributed by atoms with Crippen LogP contribution >= 0.6 is 0 Å². The van der Waals surface area contributed by atoms with Crippen LogP contribution in [0.2, 0.25) is 0 Å². The van der Waals surface area contributed by atoms with E-state index in [0.717, 1.165) is 22.4 Å². The van der Waals surface area contributed by atoms with Gasteiger partial charge in [-0.15, -0.1) is 0 Å². The van der Waals surface area contributed by atoms with Crippen LogP contribution in [0.1, 0.15) is 21.5 Å². The lowest BCUT2D eigenvalue weighted by Gasteiger charge is -2.01. The largest absolute Gasteiger partial charge is 0.271 e. The summed E-state index contributed by atoms with van der Waals surface area (Å²) in [6, 6.07) is 17.1. The van der Waals surface area contributed by atoms with Gasteiger partial charge in [-0.25, -0.2) is 5.43 Å². The average molecular weight is 382 g/mol. The number of benzene rings is 1. The number of nitrogens with zero attached hydrogens (tertiary/aromatic N) is 5. The van der Waals surface area contributed by atoms with Gasteiger partial charge in [-0.2, -0.15) is 10.2 Å². The molecule has 0 atom stereocenters. The van der Waals surface area contributed by atoms with Gasteiger partial charge < -0.3 is 0 Å². The standard InChI is InChI=1S/C22H18N6O/c29-22(18-8-11-23-12-9-18)26-25-14-20-16-28(15-17-5-2-1-3-6-17)27-21(20)19-7-4-10-24-13-19/h1-14,16H,15H2,(H,26,29)/b25-14+. The van der Waals surface area contributed by atoms with Crippen LogP contribution in [-0.4, -0.2) is 31.9 Å². The molecule has 0 spiro atoms. The van der Waals surface area contributed by atoms with Crippen LogP contribution in [0.4, 0.5) is 0 Å². The summed E-state index contributed by atoms with van der Waals surface area (Å²) < 4.78 is 1.85. The van der Waals surface area contributed by atoms with Crippen molar-refractivity contribution in [2.75, 3.05) is 0 Å². The summed E-state index contributed by atoms with van der Waals surface area (Å²) in [5.41, 5.74) is 6.57. The molecule has 1 aromatic carbocycles. The Bertz CT molecular complexity index is 1110. The molecule has 3 heterocycles. The number of aromatic nitrogens is 4. The number of amides is 1. The third kappa shape index (κ3) is 4.59. The van der Waals surface area contributed by atoms with E-state index in [1.54, 1.807) is 43.1 Å². The fraction of sp³-hybridized carbons (Fsp3) is 0.0455. The molecule has 0 aliphatic heterocycles. The molecule has 0 saturated carbocycles. The first-order chi connectivity index (χ1) is 14.3. The normalized spacial score (nSPS) is 10.9. The molecular formula is C22H18N6O. The maximum Gasteiger partial charge on any atom is 0.271 e. The Morgan fingerprint density at radius 2 is 1.83 bits per heavy atom. The molecule has 0 fully saturated rings. The van der Waals surface area contributed by atoms with Crippen molar-refractivity contribution in [2.45, 2.75) is 6.54 Å². The SMILES string of the molecule is O=C(N/N=C/c1cn(Cc2ccccc2)nc1-c1cccnc1)c1ccncc1. The van der Waals surface area contributed by atoms with E-state index >= 15 is 0 Å². The number of carbonyl (C=O) groups excluding carboxylic acids is 1. The number of pyridine rings is 2. The molecule has 3 aromatic heterocycles. The number of nitrogens with one attached hydrogen (secondary N) is 1. The summed E-state index contributed by atoms with van der Waals surface area (Å²) in [5, 5.41) is 8.80. The first-order valence-corrected chi connectivity index (χ1v) is 9.05. The van der Waals surface area contributed by atoms with Crippen LogP contribution in [-0.2, 0) is 6.54 Å². The number of carbonyl (C=O) groups is 1. The third-order valence-corrected chi connectivity index (χ3v) is 4.22.